The standard InChI is InChI=1S/C12H13NO2/c1-15-12(14)10-7-11(13-8-10)9-5-3-2-4-6-9/h2-7,10,13H,8H2,1H3/t10-/m0/s1. The van der Waals surface area contributed by atoms with Crippen LogP contribution in [0.2, 0.25) is 0 Å². The third-order valence-corrected chi connectivity index (χ3v) is 2.47. The highest BCUT2D eigenvalue weighted by molar-refractivity contribution is 5.80. The average Bonchev–Trinajstić information content (AvgIpc) is 2.78. The number of carbonyl (C=O) groups is 1. The first-order chi connectivity index (χ1) is 7.31. The van der Waals surface area contributed by atoms with Gasteiger partial charge in [0.1, 0.15) is 0 Å². The Hall–Kier alpha value is -1.77. The number of ether oxygens (including phenoxy) is 1. The number of hydrogen-bond donors (Lipinski definition) is 1. The molecule has 0 bridgehead atoms. The van der Waals surface area contributed by atoms with E-state index in [1.807, 2.05) is 36.4 Å². The number of esters is 1. The Balaban J connectivity index is 2.17. The Kier molecular flexibility index (Phi) is 2.72. The fourth-order valence-electron chi connectivity index (χ4n) is 1.66. The second kappa shape index (κ2) is 4.17. The number of rotatable bonds is 2. The lowest BCUT2D eigenvalue weighted by atomic mass is 10.1. The SMILES string of the molecule is COC(=O)[C@H]1C=C(c2ccccc2)NC1. The van der Waals surface area contributed by atoms with Gasteiger partial charge in [-0.15, -0.1) is 0 Å². The molecule has 15 heavy (non-hydrogen) atoms. The van der Waals surface area contributed by atoms with Crippen LogP contribution >= 0.6 is 0 Å². The summed E-state index contributed by atoms with van der Waals surface area (Å²) in [5, 5.41) is 3.20. The van der Waals surface area contributed by atoms with Crippen molar-refractivity contribution in [3.8, 4) is 0 Å². The predicted octanol–water partition coefficient (Wildman–Crippen LogP) is 1.42. The van der Waals surface area contributed by atoms with Crippen molar-refractivity contribution >= 4 is 11.7 Å². The predicted molar refractivity (Wildman–Crippen MR) is 57.9 cm³/mol. The van der Waals surface area contributed by atoms with Crippen LogP contribution < -0.4 is 5.32 Å². The molecule has 2 rings (SSSR count). The molecule has 0 fully saturated rings. The molecule has 1 heterocycles. The molecule has 78 valence electrons. The van der Waals surface area contributed by atoms with Gasteiger partial charge in [0, 0.05) is 12.2 Å². The van der Waals surface area contributed by atoms with E-state index in [1.165, 1.54) is 7.11 Å². The quantitative estimate of drug-likeness (QED) is 0.739. The summed E-state index contributed by atoms with van der Waals surface area (Å²) < 4.78 is 4.69. The first-order valence-corrected chi connectivity index (χ1v) is 4.90. The highest BCUT2D eigenvalue weighted by Crippen LogP contribution is 2.20. The topological polar surface area (TPSA) is 38.3 Å². The minimum atomic E-state index is -0.187. The first kappa shape index (κ1) is 9.77. The van der Waals surface area contributed by atoms with E-state index >= 15 is 0 Å². The number of benzene rings is 1. The maximum atomic E-state index is 11.3. The highest BCUT2D eigenvalue weighted by Gasteiger charge is 2.23. The van der Waals surface area contributed by atoms with Gasteiger partial charge in [-0.1, -0.05) is 30.3 Å². The molecular formula is C12H13NO2. The first-order valence-electron chi connectivity index (χ1n) is 4.90. The van der Waals surface area contributed by atoms with E-state index in [1.54, 1.807) is 0 Å². The second-order valence-electron chi connectivity index (χ2n) is 3.46. The number of methoxy groups -OCH3 is 1. The molecule has 1 aliphatic rings. The van der Waals surface area contributed by atoms with Crippen LogP contribution in [0.1, 0.15) is 5.56 Å². The van der Waals surface area contributed by atoms with Crippen LogP contribution in [0, 0.1) is 5.92 Å². The van der Waals surface area contributed by atoms with Gasteiger partial charge in [0.2, 0.25) is 0 Å². The fraction of sp³-hybridized carbons (Fsp3) is 0.250. The molecule has 3 nitrogen and oxygen atoms in total. The van der Waals surface area contributed by atoms with Gasteiger partial charge >= 0.3 is 5.97 Å². The summed E-state index contributed by atoms with van der Waals surface area (Å²) in [5.74, 6) is -0.348. The molecule has 0 unspecified atom stereocenters. The van der Waals surface area contributed by atoms with Crippen LogP contribution in [0.25, 0.3) is 5.70 Å². The molecule has 0 amide bonds. The summed E-state index contributed by atoms with van der Waals surface area (Å²) in [6, 6.07) is 9.94. The normalized spacial score (nSPS) is 19.3. The fourth-order valence-corrected chi connectivity index (χ4v) is 1.66. The Labute approximate surface area is 88.8 Å². The van der Waals surface area contributed by atoms with Gasteiger partial charge in [-0.2, -0.15) is 0 Å². The molecule has 0 saturated heterocycles. The average molecular weight is 203 g/mol. The molecule has 1 aliphatic heterocycles. The van der Waals surface area contributed by atoms with Crippen LogP contribution in [0.4, 0.5) is 0 Å². The van der Waals surface area contributed by atoms with E-state index in [2.05, 4.69) is 5.32 Å². The number of hydrogen-bond acceptors (Lipinski definition) is 3. The van der Waals surface area contributed by atoms with E-state index in [0.717, 1.165) is 11.3 Å². The van der Waals surface area contributed by atoms with Gasteiger partial charge in [0.05, 0.1) is 13.0 Å². The second-order valence-corrected chi connectivity index (χ2v) is 3.46. The van der Waals surface area contributed by atoms with Crippen LogP contribution in [0.15, 0.2) is 36.4 Å². The van der Waals surface area contributed by atoms with Gasteiger partial charge in [-0.05, 0) is 11.6 Å². The lowest BCUT2D eigenvalue weighted by molar-refractivity contribution is -0.143. The zero-order valence-electron chi connectivity index (χ0n) is 8.57. The molecule has 0 aliphatic carbocycles. The molecule has 0 radical (unpaired) electrons. The molecule has 1 aromatic rings. The van der Waals surface area contributed by atoms with Crippen LogP contribution in [0.5, 0.6) is 0 Å². The van der Waals surface area contributed by atoms with E-state index in [0.29, 0.717) is 6.54 Å². The van der Waals surface area contributed by atoms with Crippen molar-refractivity contribution in [3.05, 3.63) is 42.0 Å². The summed E-state index contributed by atoms with van der Waals surface area (Å²) in [6.07, 6.45) is 1.92. The molecule has 0 aromatic heterocycles. The zero-order valence-corrected chi connectivity index (χ0v) is 8.57. The van der Waals surface area contributed by atoms with Gasteiger partial charge in [-0.25, -0.2) is 0 Å². The summed E-state index contributed by atoms with van der Waals surface area (Å²) in [5.41, 5.74) is 2.11. The van der Waals surface area contributed by atoms with Crippen molar-refractivity contribution in [2.45, 2.75) is 0 Å². The Morgan fingerprint density at radius 1 is 1.40 bits per heavy atom. The third-order valence-electron chi connectivity index (χ3n) is 2.47. The van der Waals surface area contributed by atoms with Crippen LogP contribution in [0.3, 0.4) is 0 Å². The summed E-state index contributed by atoms with van der Waals surface area (Å²) >= 11 is 0. The van der Waals surface area contributed by atoms with Crippen LogP contribution in [-0.4, -0.2) is 19.6 Å². The van der Waals surface area contributed by atoms with Crippen molar-refractivity contribution in [2.24, 2.45) is 5.92 Å². The molecule has 0 saturated carbocycles. The van der Waals surface area contributed by atoms with Crippen molar-refractivity contribution in [3.63, 3.8) is 0 Å². The zero-order chi connectivity index (χ0) is 10.7. The van der Waals surface area contributed by atoms with Crippen molar-refractivity contribution in [2.75, 3.05) is 13.7 Å². The Bertz CT molecular complexity index is 384. The van der Waals surface area contributed by atoms with Gasteiger partial charge < -0.3 is 10.1 Å². The minimum Gasteiger partial charge on any atom is -0.469 e. The minimum absolute atomic E-state index is 0.162. The van der Waals surface area contributed by atoms with E-state index in [4.69, 9.17) is 4.74 Å². The van der Waals surface area contributed by atoms with Gasteiger partial charge in [-0.3, -0.25) is 4.79 Å². The van der Waals surface area contributed by atoms with E-state index in [-0.39, 0.29) is 11.9 Å². The number of carbonyl (C=O) groups excluding carboxylic acids is 1. The summed E-state index contributed by atoms with van der Waals surface area (Å²) in [6.45, 7) is 0.622. The molecular weight excluding hydrogens is 190 g/mol. The van der Waals surface area contributed by atoms with Crippen LogP contribution in [-0.2, 0) is 9.53 Å². The maximum Gasteiger partial charge on any atom is 0.314 e. The lowest BCUT2D eigenvalue weighted by Gasteiger charge is -2.03. The molecule has 0 spiro atoms. The largest absolute Gasteiger partial charge is 0.469 e. The monoisotopic (exact) mass is 203 g/mol. The maximum absolute atomic E-state index is 11.3. The third kappa shape index (κ3) is 2.01. The smallest absolute Gasteiger partial charge is 0.314 e. The van der Waals surface area contributed by atoms with Crippen molar-refractivity contribution < 1.29 is 9.53 Å². The van der Waals surface area contributed by atoms with E-state index in [9.17, 15) is 4.79 Å². The highest BCUT2D eigenvalue weighted by atomic mass is 16.5. The molecule has 1 aromatic carbocycles. The van der Waals surface area contributed by atoms with Crippen molar-refractivity contribution in [1.29, 1.82) is 0 Å². The van der Waals surface area contributed by atoms with E-state index < -0.39 is 0 Å². The molecule has 1 atom stereocenters. The Morgan fingerprint density at radius 2 is 2.13 bits per heavy atom. The van der Waals surface area contributed by atoms with Gasteiger partial charge in [0.15, 0.2) is 0 Å². The van der Waals surface area contributed by atoms with Gasteiger partial charge in [0.25, 0.3) is 0 Å². The lowest BCUT2D eigenvalue weighted by Crippen LogP contribution is -2.20. The summed E-state index contributed by atoms with van der Waals surface area (Å²) in [7, 11) is 1.41. The van der Waals surface area contributed by atoms with Crippen molar-refractivity contribution in [1.82, 2.24) is 5.32 Å². The number of nitrogens with one attached hydrogen (secondary N) is 1. The molecule has 3 heteroatoms. The molecule has 1 N–H and O–H groups in total. The summed E-state index contributed by atoms with van der Waals surface area (Å²) in [4.78, 5) is 11.3. The Morgan fingerprint density at radius 3 is 2.80 bits per heavy atom.